The zero-order valence-electron chi connectivity index (χ0n) is 12.5. The van der Waals surface area contributed by atoms with Gasteiger partial charge >= 0.3 is 0 Å². The summed E-state index contributed by atoms with van der Waals surface area (Å²) < 4.78 is 0. The van der Waals surface area contributed by atoms with E-state index in [-0.39, 0.29) is 0 Å². The predicted octanol–water partition coefficient (Wildman–Crippen LogP) is 1.79. The van der Waals surface area contributed by atoms with Crippen molar-refractivity contribution in [3.63, 3.8) is 0 Å². The summed E-state index contributed by atoms with van der Waals surface area (Å²) >= 11 is 0. The van der Waals surface area contributed by atoms with E-state index in [1.165, 1.54) is 58.3 Å². The van der Waals surface area contributed by atoms with Crippen LogP contribution >= 0.6 is 0 Å². The van der Waals surface area contributed by atoms with Gasteiger partial charge in [0.15, 0.2) is 0 Å². The van der Waals surface area contributed by atoms with Gasteiger partial charge < -0.3 is 15.1 Å². The van der Waals surface area contributed by atoms with E-state index in [0.717, 1.165) is 18.0 Å². The smallest absolute Gasteiger partial charge is 0.0246 e. The Morgan fingerprint density at radius 2 is 2.11 bits per heavy atom. The molecule has 2 aliphatic rings. The third-order valence-corrected chi connectivity index (χ3v) is 4.74. The molecule has 3 heteroatoms. The van der Waals surface area contributed by atoms with Crippen LogP contribution in [0.25, 0.3) is 0 Å². The molecule has 1 saturated carbocycles. The number of likely N-dealkylation sites (tertiary alicyclic amines) is 1. The van der Waals surface area contributed by atoms with Gasteiger partial charge in [0, 0.05) is 25.2 Å². The van der Waals surface area contributed by atoms with Gasteiger partial charge in [-0.15, -0.1) is 0 Å². The van der Waals surface area contributed by atoms with E-state index in [1.807, 2.05) is 0 Å². The van der Waals surface area contributed by atoms with Crippen LogP contribution in [-0.2, 0) is 0 Å². The van der Waals surface area contributed by atoms with Crippen molar-refractivity contribution in [2.45, 2.75) is 51.1 Å². The zero-order valence-corrected chi connectivity index (χ0v) is 12.5. The van der Waals surface area contributed by atoms with Gasteiger partial charge in [-0.1, -0.05) is 13.3 Å². The Labute approximate surface area is 113 Å². The molecule has 0 aromatic rings. The van der Waals surface area contributed by atoms with E-state index < -0.39 is 0 Å². The Kier molecular flexibility index (Phi) is 5.46. The first-order chi connectivity index (χ1) is 8.70. The lowest BCUT2D eigenvalue weighted by molar-refractivity contribution is 0.183. The average molecular weight is 253 g/mol. The Morgan fingerprint density at radius 3 is 2.78 bits per heavy atom. The molecule has 0 spiro atoms. The molecule has 18 heavy (non-hydrogen) atoms. The molecule has 3 unspecified atom stereocenters. The van der Waals surface area contributed by atoms with Gasteiger partial charge in [-0.05, 0) is 58.8 Å². The second-order valence-corrected chi connectivity index (χ2v) is 6.42. The van der Waals surface area contributed by atoms with E-state index in [1.54, 1.807) is 0 Å². The number of nitrogens with one attached hydrogen (secondary N) is 1. The summed E-state index contributed by atoms with van der Waals surface area (Å²) in [5.74, 6) is 0.896. The maximum absolute atomic E-state index is 3.74. The maximum atomic E-state index is 3.74. The van der Waals surface area contributed by atoms with Crippen LogP contribution in [0.1, 0.15) is 39.0 Å². The van der Waals surface area contributed by atoms with E-state index in [4.69, 9.17) is 0 Å². The molecular weight excluding hydrogens is 222 g/mol. The Morgan fingerprint density at radius 1 is 1.28 bits per heavy atom. The summed E-state index contributed by atoms with van der Waals surface area (Å²) in [5, 5.41) is 3.74. The second kappa shape index (κ2) is 6.88. The summed E-state index contributed by atoms with van der Waals surface area (Å²) in [4.78, 5) is 5.12. The summed E-state index contributed by atoms with van der Waals surface area (Å²) in [5.41, 5.74) is 0. The number of hydrogen-bond acceptors (Lipinski definition) is 3. The lowest BCUT2D eigenvalue weighted by atomic mass is 10.1. The number of likely N-dealkylation sites (N-methyl/N-ethyl adjacent to an activating group) is 1. The van der Waals surface area contributed by atoms with Crippen LogP contribution in [0.15, 0.2) is 0 Å². The number of hydrogen-bond donors (Lipinski definition) is 1. The van der Waals surface area contributed by atoms with Crippen LogP contribution in [0.2, 0.25) is 0 Å². The van der Waals surface area contributed by atoms with Crippen LogP contribution in [0.5, 0.6) is 0 Å². The molecule has 0 radical (unpaired) electrons. The van der Waals surface area contributed by atoms with E-state index in [2.05, 4.69) is 36.1 Å². The van der Waals surface area contributed by atoms with Crippen molar-refractivity contribution in [1.82, 2.24) is 15.1 Å². The summed E-state index contributed by atoms with van der Waals surface area (Å²) in [6.45, 7) is 7.32. The van der Waals surface area contributed by atoms with Gasteiger partial charge in [-0.3, -0.25) is 0 Å². The molecule has 1 aliphatic carbocycles. The Bertz CT molecular complexity index is 244. The molecule has 1 aliphatic heterocycles. The second-order valence-electron chi connectivity index (χ2n) is 6.42. The number of nitrogens with zero attached hydrogens (tertiary/aromatic N) is 2. The molecule has 1 N–H and O–H groups in total. The molecule has 2 rings (SSSR count). The van der Waals surface area contributed by atoms with Gasteiger partial charge in [0.2, 0.25) is 0 Å². The van der Waals surface area contributed by atoms with Crippen molar-refractivity contribution >= 4 is 0 Å². The van der Waals surface area contributed by atoms with Crippen molar-refractivity contribution in [3.8, 4) is 0 Å². The van der Waals surface area contributed by atoms with Crippen molar-refractivity contribution < 1.29 is 0 Å². The average Bonchev–Trinajstić information content (AvgIpc) is 2.95. The maximum Gasteiger partial charge on any atom is 0.0246 e. The lowest BCUT2D eigenvalue weighted by Gasteiger charge is -2.32. The van der Waals surface area contributed by atoms with Crippen molar-refractivity contribution in [1.29, 1.82) is 0 Å². The fraction of sp³-hybridized carbons (Fsp3) is 1.00. The number of rotatable bonds is 6. The van der Waals surface area contributed by atoms with Crippen LogP contribution in [0, 0.1) is 5.92 Å². The fourth-order valence-corrected chi connectivity index (χ4v) is 3.75. The summed E-state index contributed by atoms with van der Waals surface area (Å²) in [6.07, 6.45) is 6.81. The third kappa shape index (κ3) is 3.69. The zero-order chi connectivity index (χ0) is 13.0. The molecule has 106 valence electrons. The quantitative estimate of drug-likeness (QED) is 0.778. The van der Waals surface area contributed by atoms with E-state index in [0.29, 0.717) is 0 Å². The molecule has 0 aromatic heterocycles. The van der Waals surface area contributed by atoms with Gasteiger partial charge in [0.05, 0.1) is 0 Å². The lowest BCUT2D eigenvalue weighted by Crippen LogP contribution is -2.47. The molecule has 0 amide bonds. The van der Waals surface area contributed by atoms with Crippen molar-refractivity contribution in [2.24, 2.45) is 5.92 Å². The van der Waals surface area contributed by atoms with Gasteiger partial charge in [0.1, 0.15) is 0 Å². The Balaban J connectivity index is 1.78. The van der Waals surface area contributed by atoms with Crippen molar-refractivity contribution in [2.75, 3.05) is 40.3 Å². The van der Waals surface area contributed by atoms with Crippen LogP contribution < -0.4 is 5.32 Å². The standard InChI is InChI=1S/C15H31N3/c1-4-9-16-14-6-5-7-15(14)18(3)12-13-8-10-17(2)11-13/h13-16H,4-12H2,1-3H3. The highest BCUT2D eigenvalue weighted by Gasteiger charge is 2.31. The van der Waals surface area contributed by atoms with E-state index >= 15 is 0 Å². The van der Waals surface area contributed by atoms with Crippen LogP contribution in [0.4, 0.5) is 0 Å². The highest BCUT2D eigenvalue weighted by molar-refractivity contribution is 4.90. The first kappa shape index (κ1) is 14.3. The molecule has 2 fully saturated rings. The fourth-order valence-electron chi connectivity index (χ4n) is 3.75. The van der Waals surface area contributed by atoms with Crippen LogP contribution in [-0.4, -0.2) is 62.2 Å². The largest absolute Gasteiger partial charge is 0.312 e. The summed E-state index contributed by atoms with van der Waals surface area (Å²) in [6, 6.07) is 1.52. The first-order valence-corrected chi connectivity index (χ1v) is 7.83. The van der Waals surface area contributed by atoms with Gasteiger partial charge in [-0.25, -0.2) is 0 Å². The highest BCUT2D eigenvalue weighted by Crippen LogP contribution is 2.25. The normalized spacial score (nSPS) is 33.7. The minimum absolute atomic E-state index is 0.745. The molecule has 1 heterocycles. The van der Waals surface area contributed by atoms with Gasteiger partial charge in [0.25, 0.3) is 0 Å². The minimum atomic E-state index is 0.745. The molecule has 3 atom stereocenters. The minimum Gasteiger partial charge on any atom is -0.312 e. The summed E-state index contributed by atoms with van der Waals surface area (Å²) in [7, 11) is 4.59. The highest BCUT2D eigenvalue weighted by atomic mass is 15.2. The predicted molar refractivity (Wildman–Crippen MR) is 78.0 cm³/mol. The monoisotopic (exact) mass is 253 g/mol. The molecule has 0 bridgehead atoms. The van der Waals surface area contributed by atoms with Gasteiger partial charge in [-0.2, -0.15) is 0 Å². The topological polar surface area (TPSA) is 18.5 Å². The SMILES string of the molecule is CCCNC1CCCC1N(C)CC1CCN(C)C1. The molecular formula is C15H31N3. The third-order valence-electron chi connectivity index (χ3n) is 4.74. The van der Waals surface area contributed by atoms with E-state index in [9.17, 15) is 0 Å². The first-order valence-electron chi connectivity index (χ1n) is 7.83. The molecule has 0 aromatic carbocycles. The Hall–Kier alpha value is -0.120. The van der Waals surface area contributed by atoms with Crippen molar-refractivity contribution in [3.05, 3.63) is 0 Å². The molecule has 3 nitrogen and oxygen atoms in total. The van der Waals surface area contributed by atoms with Crippen LogP contribution in [0.3, 0.4) is 0 Å². The molecule has 1 saturated heterocycles.